The van der Waals surface area contributed by atoms with Gasteiger partial charge in [-0.3, -0.25) is 14.2 Å². The SMILES string of the molecule is CC/C=C\C/C=C\C/C=C\C/C=C\C/C=C\CCCCCCCCCCCCCC(=O)OC(COC(=O)CCCCCCCCCCCCCCCCC)COP(=O)([O-])OCC[N+](C)(C)C. The van der Waals surface area contributed by atoms with E-state index in [4.69, 9.17) is 18.5 Å². The molecule has 384 valence electrons. The van der Waals surface area contributed by atoms with Gasteiger partial charge in [-0.15, -0.1) is 0 Å². The molecule has 2 atom stereocenters. The smallest absolute Gasteiger partial charge is 0.306 e. The largest absolute Gasteiger partial charge is 0.756 e. The van der Waals surface area contributed by atoms with Crippen molar-refractivity contribution < 1.29 is 42.1 Å². The van der Waals surface area contributed by atoms with E-state index in [1.54, 1.807) is 0 Å². The van der Waals surface area contributed by atoms with Crippen LogP contribution in [0.5, 0.6) is 0 Å². The Morgan fingerprint density at radius 2 is 0.864 bits per heavy atom. The number of carbonyl (C=O) groups excluding carboxylic acids is 2. The van der Waals surface area contributed by atoms with Crippen LogP contribution in [0.25, 0.3) is 0 Å². The Kier molecular flexibility index (Phi) is 46.1. The molecule has 0 aromatic carbocycles. The summed E-state index contributed by atoms with van der Waals surface area (Å²) in [7, 11) is 1.17. The lowest BCUT2D eigenvalue weighted by molar-refractivity contribution is -0.870. The van der Waals surface area contributed by atoms with Crippen molar-refractivity contribution in [1.29, 1.82) is 0 Å². The van der Waals surface area contributed by atoms with Crippen LogP contribution in [0.1, 0.15) is 232 Å². The average Bonchev–Trinajstić information content (AvgIpc) is 3.27. The molecule has 0 aromatic heterocycles. The Morgan fingerprint density at radius 1 is 0.485 bits per heavy atom. The number of nitrogens with zero attached hydrogens (tertiary/aromatic N) is 1. The van der Waals surface area contributed by atoms with E-state index >= 15 is 0 Å². The zero-order chi connectivity index (χ0) is 48.5. The number of hydrogen-bond acceptors (Lipinski definition) is 8. The van der Waals surface area contributed by atoms with Gasteiger partial charge >= 0.3 is 11.9 Å². The molecular formula is C56H102NO8P. The Hall–Kier alpha value is -2.29. The van der Waals surface area contributed by atoms with Crippen molar-refractivity contribution in [3.8, 4) is 0 Å². The van der Waals surface area contributed by atoms with Crippen molar-refractivity contribution in [3.63, 3.8) is 0 Å². The van der Waals surface area contributed by atoms with Crippen LogP contribution < -0.4 is 4.89 Å². The lowest BCUT2D eigenvalue weighted by atomic mass is 10.0. The molecule has 0 saturated heterocycles. The first-order valence-electron chi connectivity index (χ1n) is 27.0. The monoisotopic (exact) mass is 948 g/mol. The first kappa shape index (κ1) is 63.7. The van der Waals surface area contributed by atoms with Crippen molar-refractivity contribution in [2.45, 2.75) is 238 Å². The van der Waals surface area contributed by atoms with Gasteiger partial charge in [0.1, 0.15) is 19.8 Å². The molecule has 0 rings (SSSR count). The number of likely N-dealkylation sites (N-methyl/N-ethyl adjacent to an activating group) is 1. The molecular weight excluding hydrogens is 846 g/mol. The second-order valence-corrected chi connectivity index (χ2v) is 20.6. The predicted octanol–water partition coefficient (Wildman–Crippen LogP) is 15.7. The normalized spacial score (nSPS) is 13.8. The summed E-state index contributed by atoms with van der Waals surface area (Å²) in [5.41, 5.74) is 0. The van der Waals surface area contributed by atoms with E-state index < -0.39 is 26.5 Å². The van der Waals surface area contributed by atoms with E-state index in [1.165, 1.54) is 122 Å². The van der Waals surface area contributed by atoms with Crippen molar-refractivity contribution in [3.05, 3.63) is 60.8 Å². The summed E-state index contributed by atoms with van der Waals surface area (Å²) in [6, 6.07) is 0. The maximum absolute atomic E-state index is 12.8. The third-order valence-electron chi connectivity index (χ3n) is 11.6. The standard InChI is InChI=1S/C56H102NO8P/c1-6-8-10-12-14-16-18-20-22-23-24-25-26-27-28-29-30-31-32-33-35-37-39-41-43-45-47-49-56(59)65-54(53-64-66(60,61)63-51-50-57(3,4)5)52-62-55(58)48-46-44-42-40-38-36-34-21-19-17-15-13-11-9-7-2/h8,10,14,16,20,22,24-25,27-28,54H,6-7,9,11-13,15,17-19,21,23,26,29-53H2,1-5H3/b10-8-,16-14-,22-20-,25-24-,28-27-. The highest BCUT2D eigenvalue weighted by Gasteiger charge is 2.21. The Labute approximate surface area is 406 Å². The van der Waals surface area contributed by atoms with E-state index in [0.29, 0.717) is 17.4 Å². The molecule has 0 aromatic rings. The van der Waals surface area contributed by atoms with E-state index in [9.17, 15) is 19.0 Å². The topological polar surface area (TPSA) is 111 Å². The molecule has 2 unspecified atom stereocenters. The molecule has 0 aliphatic carbocycles. The number of unbranched alkanes of at least 4 members (excludes halogenated alkanes) is 25. The molecule has 0 saturated carbocycles. The Balaban J connectivity index is 4.18. The number of phosphoric ester groups is 1. The second-order valence-electron chi connectivity index (χ2n) is 19.2. The van der Waals surface area contributed by atoms with Crippen molar-refractivity contribution >= 4 is 19.8 Å². The second kappa shape index (κ2) is 47.8. The number of rotatable bonds is 49. The van der Waals surface area contributed by atoms with Gasteiger partial charge < -0.3 is 27.9 Å². The van der Waals surface area contributed by atoms with Crippen molar-refractivity contribution in [2.75, 3.05) is 47.5 Å². The Morgan fingerprint density at radius 3 is 1.29 bits per heavy atom. The highest BCUT2D eigenvalue weighted by atomic mass is 31.2. The molecule has 0 radical (unpaired) electrons. The van der Waals surface area contributed by atoms with Crippen LogP contribution in [-0.4, -0.2) is 70.0 Å². The molecule has 66 heavy (non-hydrogen) atoms. The lowest BCUT2D eigenvalue weighted by Gasteiger charge is -2.28. The first-order valence-corrected chi connectivity index (χ1v) is 28.5. The van der Waals surface area contributed by atoms with Gasteiger partial charge in [0.25, 0.3) is 7.82 Å². The summed E-state index contributed by atoms with van der Waals surface area (Å²) in [5, 5.41) is 0. The fourth-order valence-corrected chi connectivity index (χ4v) is 8.12. The maximum atomic E-state index is 12.8. The lowest BCUT2D eigenvalue weighted by Crippen LogP contribution is -2.37. The summed E-state index contributed by atoms with van der Waals surface area (Å²) in [5.74, 6) is -0.831. The number of carbonyl (C=O) groups is 2. The maximum Gasteiger partial charge on any atom is 0.306 e. The first-order chi connectivity index (χ1) is 32.0. The number of quaternary nitrogens is 1. The number of hydrogen-bond donors (Lipinski definition) is 0. The third-order valence-corrected chi connectivity index (χ3v) is 12.5. The molecule has 0 heterocycles. The van der Waals surface area contributed by atoms with Crippen LogP contribution in [-0.2, 0) is 32.7 Å². The quantitative estimate of drug-likeness (QED) is 0.0195. The van der Waals surface area contributed by atoms with Gasteiger partial charge in [0.05, 0.1) is 27.7 Å². The highest BCUT2D eigenvalue weighted by molar-refractivity contribution is 7.45. The molecule has 9 nitrogen and oxygen atoms in total. The van der Waals surface area contributed by atoms with Gasteiger partial charge in [-0.1, -0.05) is 222 Å². The van der Waals surface area contributed by atoms with Gasteiger partial charge in [-0.05, 0) is 57.8 Å². The predicted molar refractivity (Wildman–Crippen MR) is 277 cm³/mol. The number of phosphoric acid groups is 1. The molecule has 0 fully saturated rings. The average molecular weight is 948 g/mol. The highest BCUT2D eigenvalue weighted by Crippen LogP contribution is 2.38. The molecule has 10 heteroatoms. The molecule has 0 spiro atoms. The van der Waals surface area contributed by atoms with Gasteiger partial charge in [-0.2, -0.15) is 0 Å². The van der Waals surface area contributed by atoms with Gasteiger partial charge in [0.2, 0.25) is 0 Å². The van der Waals surface area contributed by atoms with Crippen molar-refractivity contribution in [2.24, 2.45) is 0 Å². The number of esters is 2. The summed E-state index contributed by atoms with van der Waals surface area (Å²) in [6.45, 7) is 4.14. The van der Waals surface area contributed by atoms with Crippen LogP contribution in [0.4, 0.5) is 0 Å². The van der Waals surface area contributed by atoms with E-state index in [-0.39, 0.29) is 32.0 Å². The van der Waals surface area contributed by atoms with E-state index in [1.807, 2.05) is 21.1 Å². The van der Waals surface area contributed by atoms with Gasteiger partial charge in [0.15, 0.2) is 6.10 Å². The van der Waals surface area contributed by atoms with Crippen LogP contribution in [0.15, 0.2) is 60.8 Å². The van der Waals surface area contributed by atoms with E-state index in [0.717, 1.165) is 77.0 Å². The van der Waals surface area contributed by atoms with E-state index in [2.05, 4.69) is 74.6 Å². The molecule has 0 bridgehead atoms. The van der Waals surface area contributed by atoms with Crippen LogP contribution >= 0.6 is 7.82 Å². The molecule has 0 amide bonds. The minimum absolute atomic E-state index is 0.0318. The van der Waals surface area contributed by atoms with Gasteiger partial charge in [-0.25, -0.2) is 0 Å². The fourth-order valence-electron chi connectivity index (χ4n) is 7.39. The van der Waals surface area contributed by atoms with Crippen LogP contribution in [0.2, 0.25) is 0 Å². The zero-order valence-corrected chi connectivity index (χ0v) is 44.3. The molecule has 0 aliphatic rings. The summed E-state index contributed by atoms with van der Waals surface area (Å²) < 4.78 is 34.1. The Bertz CT molecular complexity index is 1300. The van der Waals surface area contributed by atoms with Crippen LogP contribution in [0, 0.1) is 0 Å². The zero-order valence-electron chi connectivity index (χ0n) is 43.4. The molecule has 0 aliphatic heterocycles. The minimum Gasteiger partial charge on any atom is -0.756 e. The third kappa shape index (κ3) is 51.1. The number of ether oxygens (including phenoxy) is 2. The summed E-state index contributed by atoms with van der Waals surface area (Å²) in [4.78, 5) is 37.8. The fraction of sp³-hybridized carbons (Fsp3) is 0.786. The minimum atomic E-state index is -4.63. The van der Waals surface area contributed by atoms with Crippen molar-refractivity contribution in [1.82, 2.24) is 0 Å². The number of allylic oxidation sites excluding steroid dienone is 10. The summed E-state index contributed by atoms with van der Waals surface area (Å²) in [6.07, 6.45) is 59.7. The van der Waals surface area contributed by atoms with Crippen LogP contribution in [0.3, 0.4) is 0 Å². The summed E-state index contributed by atoms with van der Waals surface area (Å²) >= 11 is 0. The van der Waals surface area contributed by atoms with Gasteiger partial charge in [0, 0.05) is 12.8 Å². The molecule has 0 N–H and O–H groups in total.